The van der Waals surface area contributed by atoms with E-state index in [2.05, 4.69) is 15.5 Å². The number of thioether (sulfide) groups is 1. The largest absolute Gasteiger partial charge is 0.494 e. The fraction of sp³-hybridized carbons (Fsp3) is 0.167. The van der Waals surface area contributed by atoms with Crippen LogP contribution in [0.5, 0.6) is 5.75 Å². The maximum atomic E-state index is 13.3. The van der Waals surface area contributed by atoms with Gasteiger partial charge in [-0.15, -0.1) is 0 Å². The number of nitrogens with one attached hydrogen (secondary N) is 1. The van der Waals surface area contributed by atoms with Crippen molar-refractivity contribution in [3.8, 4) is 5.75 Å². The first-order chi connectivity index (χ1) is 12.6. The quantitative estimate of drug-likeness (QED) is 0.656. The van der Waals surface area contributed by atoms with Gasteiger partial charge in [-0.25, -0.2) is 9.37 Å². The van der Waals surface area contributed by atoms with Gasteiger partial charge < -0.3 is 14.6 Å². The molecule has 3 rings (SSSR count). The Morgan fingerprint density at radius 2 is 2.19 bits per heavy atom. The van der Waals surface area contributed by atoms with Gasteiger partial charge in [0.1, 0.15) is 22.4 Å². The first kappa shape index (κ1) is 17.9. The number of benzene rings is 1. The van der Waals surface area contributed by atoms with Crippen LogP contribution in [0.3, 0.4) is 0 Å². The van der Waals surface area contributed by atoms with E-state index in [9.17, 15) is 9.18 Å². The Morgan fingerprint density at radius 3 is 2.92 bits per heavy atom. The fourth-order valence-electron chi connectivity index (χ4n) is 2.26. The van der Waals surface area contributed by atoms with Crippen LogP contribution >= 0.6 is 11.8 Å². The summed E-state index contributed by atoms with van der Waals surface area (Å²) in [6.45, 7) is 1.82. The van der Waals surface area contributed by atoms with E-state index in [0.29, 0.717) is 22.0 Å². The van der Waals surface area contributed by atoms with Crippen molar-refractivity contribution >= 4 is 23.4 Å². The Kier molecular flexibility index (Phi) is 5.52. The van der Waals surface area contributed by atoms with Crippen molar-refractivity contribution in [3.63, 3.8) is 0 Å². The molecule has 0 saturated carbocycles. The lowest BCUT2D eigenvalue weighted by Crippen LogP contribution is -2.14. The highest BCUT2D eigenvalue weighted by atomic mass is 32.2. The maximum absolute atomic E-state index is 13.3. The molecule has 3 aromatic rings. The zero-order chi connectivity index (χ0) is 18.5. The number of methoxy groups -OCH3 is 1. The Balaban J connectivity index is 1.77. The van der Waals surface area contributed by atoms with Gasteiger partial charge in [-0.2, -0.15) is 0 Å². The number of rotatable bonds is 6. The summed E-state index contributed by atoms with van der Waals surface area (Å²) in [6.07, 6.45) is 1.62. The molecule has 2 aromatic heterocycles. The van der Waals surface area contributed by atoms with Gasteiger partial charge in [-0.05, 0) is 31.2 Å². The van der Waals surface area contributed by atoms with E-state index in [0.717, 1.165) is 11.5 Å². The zero-order valence-corrected chi connectivity index (χ0v) is 15.0. The van der Waals surface area contributed by atoms with Crippen LogP contribution in [0.2, 0.25) is 0 Å². The van der Waals surface area contributed by atoms with Gasteiger partial charge >= 0.3 is 0 Å². The molecule has 0 fully saturated rings. The molecule has 134 valence electrons. The number of nitrogens with zero attached hydrogens (tertiary/aromatic N) is 2. The van der Waals surface area contributed by atoms with Crippen molar-refractivity contribution in [2.45, 2.75) is 17.7 Å². The number of aryl methyl sites for hydroxylation is 1. The minimum absolute atomic E-state index is 0.245. The number of hydrogen-bond donors (Lipinski definition) is 1. The van der Waals surface area contributed by atoms with E-state index in [-0.39, 0.29) is 11.7 Å². The summed E-state index contributed by atoms with van der Waals surface area (Å²) in [5, 5.41) is 7.22. The molecule has 0 aliphatic heterocycles. The first-order valence-electron chi connectivity index (χ1n) is 7.71. The maximum Gasteiger partial charge on any atom is 0.258 e. The molecule has 0 radical (unpaired) electrons. The molecule has 8 heteroatoms. The van der Waals surface area contributed by atoms with Gasteiger partial charge in [0.15, 0.2) is 0 Å². The van der Waals surface area contributed by atoms with Crippen LogP contribution in [0.25, 0.3) is 0 Å². The van der Waals surface area contributed by atoms with Crippen LogP contribution in [-0.4, -0.2) is 23.2 Å². The highest BCUT2D eigenvalue weighted by Crippen LogP contribution is 2.28. The number of aromatic nitrogens is 2. The average Bonchev–Trinajstić information content (AvgIpc) is 3.07. The Hall–Kier alpha value is -2.87. The summed E-state index contributed by atoms with van der Waals surface area (Å²) < 4.78 is 23.4. The van der Waals surface area contributed by atoms with Gasteiger partial charge in [0.25, 0.3) is 5.91 Å². The third-order valence-corrected chi connectivity index (χ3v) is 4.50. The van der Waals surface area contributed by atoms with Crippen molar-refractivity contribution in [1.82, 2.24) is 10.1 Å². The van der Waals surface area contributed by atoms with Crippen LogP contribution in [0, 0.1) is 12.7 Å². The van der Waals surface area contributed by atoms with Crippen LogP contribution < -0.4 is 10.1 Å². The van der Waals surface area contributed by atoms with Gasteiger partial charge in [0, 0.05) is 24.1 Å². The lowest BCUT2D eigenvalue weighted by Gasteiger charge is -2.11. The van der Waals surface area contributed by atoms with Crippen molar-refractivity contribution in [2.24, 2.45) is 0 Å². The van der Waals surface area contributed by atoms with Gasteiger partial charge in [0.2, 0.25) is 0 Å². The predicted molar refractivity (Wildman–Crippen MR) is 95.9 cm³/mol. The van der Waals surface area contributed by atoms with E-state index in [1.165, 1.54) is 37.1 Å². The van der Waals surface area contributed by atoms with Crippen LogP contribution in [0.1, 0.15) is 21.8 Å². The SMILES string of the molecule is COc1cc(F)ccc1NC(=O)c1cccnc1SCc1cc(C)on1. The molecule has 6 nitrogen and oxygen atoms in total. The number of carbonyl (C=O) groups excluding carboxylic acids is 1. The first-order valence-corrected chi connectivity index (χ1v) is 8.70. The molecule has 2 heterocycles. The third-order valence-electron chi connectivity index (χ3n) is 3.46. The van der Waals surface area contributed by atoms with Crippen molar-refractivity contribution in [2.75, 3.05) is 12.4 Å². The minimum atomic E-state index is -0.444. The van der Waals surface area contributed by atoms with Gasteiger partial charge in [-0.1, -0.05) is 16.9 Å². The Morgan fingerprint density at radius 1 is 1.35 bits per heavy atom. The summed E-state index contributed by atoms with van der Waals surface area (Å²) in [5.74, 6) is 0.689. The second-order valence-electron chi connectivity index (χ2n) is 5.37. The molecule has 0 atom stereocenters. The number of anilines is 1. The summed E-state index contributed by atoms with van der Waals surface area (Å²) in [7, 11) is 1.41. The standard InChI is InChI=1S/C18H16FN3O3S/c1-11-8-13(22-25-11)10-26-18-14(4-3-7-20-18)17(23)21-15-6-5-12(19)9-16(15)24-2/h3-9H,10H2,1-2H3,(H,21,23). The minimum Gasteiger partial charge on any atom is -0.494 e. The van der Waals surface area contributed by atoms with Crippen LogP contribution in [0.15, 0.2) is 52.1 Å². The summed E-state index contributed by atoms with van der Waals surface area (Å²) in [5.41, 5.74) is 1.56. The summed E-state index contributed by atoms with van der Waals surface area (Å²) >= 11 is 1.38. The zero-order valence-electron chi connectivity index (χ0n) is 14.2. The molecule has 26 heavy (non-hydrogen) atoms. The van der Waals surface area contributed by atoms with Crippen LogP contribution in [-0.2, 0) is 5.75 Å². The number of ether oxygens (including phenoxy) is 1. The fourth-order valence-corrected chi connectivity index (χ4v) is 3.14. The number of halogens is 1. The van der Waals surface area contributed by atoms with E-state index >= 15 is 0 Å². The monoisotopic (exact) mass is 373 g/mol. The molecule has 0 aliphatic rings. The number of hydrogen-bond acceptors (Lipinski definition) is 6. The van der Waals surface area contributed by atoms with Crippen molar-refractivity contribution in [3.05, 3.63) is 65.4 Å². The number of amides is 1. The Bertz CT molecular complexity index is 930. The summed E-state index contributed by atoms with van der Waals surface area (Å²) in [4.78, 5) is 16.9. The summed E-state index contributed by atoms with van der Waals surface area (Å²) in [6, 6.07) is 9.10. The molecule has 0 bridgehead atoms. The van der Waals surface area contributed by atoms with Crippen molar-refractivity contribution < 1.29 is 18.4 Å². The van der Waals surface area contributed by atoms with Crippen molar-refractivity contribution in [1.29, 1.82) is 0 Å². The molecule has 0 aliphatic carbocycles. The van der Waals surface area contributed by atoms with E-state index in [4.69, 9.17) is 9.26 Å². The van der Waals surface area contributed by atoms with E-state index in [1.54, 1.807) is 18.3 Å². The average molecular weight is 373 g/mol. The lowest BCUT2D eigenvalue weighted by molar-refractivity contribution is 0.102. The highest BCUT2D eigenvalue weighted by molar-refractivity contribution is 7.98. The third kappa shape index (κ3) is 4.20. The molecule has 0 spiro atoms. The normalized spacial score (nSPS) is 10.6. The lowest BCUT2D eigenvalue weighted by atomic mass is 10.2. The number of carbonyl (C=O) groups is 1. The molecular weight excluding hydrogens is 357 g/mol. The molecular formula is C18H16FN3O3S. The van der Waals surface area contributed by atoms with E-state index < -0.39 is 5.82 Å². The van der Waals surface area contributed by atoms with Crippen LogP contribution in [0.4, 0.5) is 10.1 Å². The highest BCUT2D eigenvalue weighted by Gasteiger charge is 2.16. The molecule has 0 unspecified atom stereocenters. The topological polar surface area (TPSA) is 77.2 Å². The molecule has 1 amide bonds. The second-order valence-corrected chi connectivity index (χ2v) is 6.34. The molecule has 0 saturated heterocycles. The van der Waals surface area contributed by atoms with Gasteiger partial charge in [-0.3, -0.25) is 4.79 Å². The molecule has 1 N–H and O–H groups in total. The van der Waals surface area contributed by atoms with Gasteiger partial charge in [0.05, 0.1) is 24.1 Å². The van der Waals surface area contributed by atoms with E-state index in [1.807, 2.05) is 13.0 Å². The Labute approximate surface area is 153 Å². The number of pyridine rings is 1. The molecule has 1 aromatic carbocycles. The predicted octanol–water partition coefficient (Wildman–Crippen LogP) is 4.07. The smallest absolute Gasteiger partial charge is 0.258 e. The second kappa shape index (κ2) is 8.01.